The molecular weight excluding hydrogens is 395 g/mol. The van der Waals surface area contributed by atoms with E-state index >= 15 is 0 Å². The summed E-state index contributed by atoms with van der Waals surface area (Å²) in [6.45, 7) is 3.59. The molecule has 0 saturated carbocycles. The van der Waals surface area contributed by atoms with Gasteiger partial charge in [0.25, 0.3) is 5.91 Å². The van der Waals surface area contributed by atoms with Gasteiger partial charge in [0.1, 0.15) is 0 Å². The van der Waals surface area contributed by atoms with Crippen LogP contribution in [0.15, 0.2) is 42.7 Å². The maximum Gasteiger partial charge on any atom is 0.255 e. The van der Waals surface area contributed by atoms with Crippen LogP contribution in [0.2, 0.25) is 0 Å². The summed E-state index contributed by atoms with van der Waals surface area (Å²) in [4.78, 5) is 21.1. The van der Waals surface area contributed by atoms with Crippen LogP contribution in [-0.4, -0.2) is 49.0 Å². The largest absolute Gasteiger partial charge is 0.378 e. The number of benzene rings is 1. The van der Waals surface area contributed by atoms with Gasteiger partial charge in [0.2, 0.25) is 0 Å². The van der Waals surface area contributed by atoms with Crippen LogP contribution in [0.1, 0.15) is 30.1 Å². The molecule has 1 saturated heterocycles. The van der Waals surface area contributed by atoms with Gasteiger partial charge < -0.3 is 15.5 Å². The van der Waals surface area contributed by atoms with Crippen LogP contribution >= 0.6 is 24.8 Å². The molecule has 28 heavy (non-hydrogen) atoms. The van der Waals surface area contributed by atoms with Crippen molar-refractivity contribution >= 4 is 36.4 Å². The van der Waals surface area contributed by atoms with E-state index in [9.17, 15) is 4.79 Å². The number of amides is 1. The Morgan fingerprint density at radius 1 is 1.11 bits per heavy atom. The highest BCUT2D eigenvalue weighted by Crippen LogP contribution is 2.25. The second-order valence-electron chi connectivity index (χ2n) is 7.39. The Kier molecular flexibility index (Phi) is 9.21. The highest BCUT2D eigenvalue weighted by Gasteiger charge is 2.25. The van der Waals surface area contributed by atoms with Gasteiger partial charge in [-0.25, -0.2) is 0 Å². The fourth-order valence-electron chi connectivity index (χ4n) is 3.48. The summed E-state index contributed by atoms with van der Waals surface area (Å²) in [7, 11) is 4.04. The first-order chi connectivity index (χ1) is 12.5. The van der Waals surface area contributed by atoms with Crippen LogP contribution in [-0.2, 0) is 0 Å². The smallest absolute Gasteiger partial charge is 0.255 e. The topological polar surface area (TPSA) is 62.5 Å². The van der Waals surface area contributed by atoms with Crippen molar-refractivity contribution < 1.29 is 4.79 Å². The van der Waals surface area contributed by atoms with Gasteiger partial charge in [0.15, 0.2) is 0 Å². The number of piperidine rings is 1. The van der Waals surface area contributed by atoms with Crippen molar-refractivity contribution in [2.24, 2.45) is 11.7 Å². The number of halogens is 2. The van der Waals surface area contributed by atoms with Crippen molar-refractivity contribution in [2.75, 3.05) is 32.1 Å². The van der Waals surface area contributed by atoms with Crippen molar-refractivity contribution in [3.8, 4) is 11.1 Å². The van der Waals surface area contributed by atoms with E-state index in [-0.39, 0.29) is 36.8 Å². The van der Waals surface area contributed by atoms with Crippen molar-refractivity contribution in [3.63, 3.8) is 0 Å². The van der Waals surface area contributed by atoms with Crippen LogP contribution in [0.5, 0.6) is 0 Å². The highest BCUT2D eigenvalue weighted by molar-refractivity contribution is 5.95. The zero-order valence-corrected chi connectivity index (χ0v) is 18.3. The van der Waals surface area contributed by atoms with Crippen LogP contribution in [0, 0.1) is 5.92 Å². The summed E-state index contributed by atoms with van der Waals surface area (Å²) in [5.41, 5.74) is 9.82. The Bertz CT molecular complexity index is 757. The Hall–Kier alpha value is -1.82. The summed E-state index contributed by atoms with van der Waals surface area (Å²) < 4.78 is 0. The molecule has 2 aromatic rings. The molecule has 1 aliphatic rings. The van der Waals surface area contributed by atoms with E-state index in [0.29, 0.717) is 11.5 Å². The Morgan fingerprint density at radius 3 is 2.25 bits per heavy atom. The second kappa shape index (κ2) is 10.6. The molecule has 1 aromatic heterocycles. The molecule has 5 nitrogen and oxygen atoms in total. The zero-order chi connectivity index (χ0) is 18.7. The molecule has 1 atom stereocenters. The minimum Gasteiger partial charge on any atom is -0.378 e. The van der Waals surface area contributed by atoms with Crippen molar-refractivity contribution in [3.05, 3.63) is 48.3 Å². The Morgan fingerprint density at radius 2 is 1.71 bits per heavy atom. The zero-order valence-electron chi connectivity index (χ0n) is 16.7. The van der Waals surface area contributed by atoms with Gasteiger partial charge in [-0.3, -0.25) is 9.78 Å². The second-order valence-corrected chi connectivity index (χ2v) is 7.39. The van der Waals surface area contributed by atoms with Crippen LogP contribution in [0.4, 0.5) is 5.69 Å². The maximum absolute atomic E-state index is 12.9. The van der Waals surface area contributed by atoms with Gasteiger partial charge in [-0.1, -0.05) is 12.1 Å². The number of hydrogen-bond donors (Lipinski definition) is 1. The fourth-order valence-corrected chi connectivity index (χ4v) is 3.48. The Labute approximate surface area is 180 Å². The van der Waals surface area contributed by atoms with Gasteiger partial charge in [-0.15, -0.1) is 24.8 Å². The molecule has 154 valence electrons. The summed E-state index contributed by atoms with van der Waals surface area (Å²) in [5.74, 6) is 0.575. The van der Waals surface area contributed by atoms with E-state index in [1.165, 1.54) is 0 Å². The summed E-state index contributed by atoms with van der Waals surface area (Å²) in [6, 6.07) is 10.4. The molecule has 1 amide bonds. The van der Waals surface area contributed by atoms with Gasteiger partial charge in [0, 0.05) is 56.9 Å². The molecule has 1 unspecified atom stereocenters. The number of carbonyl (C=O) groups excluding carboxylic acids is 1. The number of likely N-dealkylation sites (tertiary alicyclic amines) is 1. The SMILES string of the molecule is CC(N)C1CCN(C(=O)c2cncc(-c3ccc(N(C)C)cc3)c2)CC1.Cl.Cl. The number of pyridine rings is 1. The molecule has 2 N–H and O–H groups in total. The first-order valence-electron chi connectivity index (χ1n) is 9.23. The van der Waals surface area contributed by atoms with Crippen LogP contribution < -0.4 is 10.6 Å². The maximum atomic E-state index is 12.9. The number of anilines is 1. The third-order valence-corrected chi connectivity index (χ3v) is 5.27. The van der Waals surface area contributed by atoms with Crippen molar-refractivity contribution in [1.29, 1.82) is 0 Å². The Balaban J connectivity index is 0.00000196. The lowest BCUT2D eigenvalue weighted by molar-refractivity contribution is 0.0680. The normalized spacial score (nSPS) is 15.2. The monoisotopic (exact) mass is 424 g/mol. The van der Waals surface area contributed by atoms with Crippen LogP contribution in [0.3, 0.4) is 0 Å². The minimum absolute atomic E-state index is 0. The molecule has 0 spiro atoms. The minimum atomic E-state index is 0. The first kappa shape index (κ1) is 24.2. The van der Waals surface area contributed by atoms with Gasteiger partial charge in [-0.2, -0.15) is 0 Å². The molecule has 7 heteroatoms. The standard InChI is InChI=1S/C21H28N4O.2ClH/c1-15(22)16-8-10-25(11-9-16)21(26)19-12-18(13-23-14-19)17-4-6-20(7-5-17)24(2)3;;/h4-7,12-16H,8-11,22H2,1-3H3;2*1H. The summed E-state index contributed by atoms with van der Waals surface area (Å²) >= 11 is 0. The van der Waals surface area contributed by atoms with E-state index in [0.717, 1.165) is 42.7 Å². The third kappa shape index (κ3) is 5.60. The third-order valence-electron chi connectivity index (χ3n) is 5.27. The molecule has 0 aliphatic carbocycles. The average Bonchev–Trinajstić information content (AvgIpc) is 2.67. The van der Waals surface area contributed by atoms with E-state index in [4.69, 9.17) is 5.73 Å². The lowest BCUT2D eigenvalue weighted by Crippen LogP contribution is -2.42. The molecule has 3 rings (SSSR count). The highest BCUT2D eigenvalue weighted by atomic mass is 35.5. The summed E-state index contributed by atoms with van der Waals surface area (Å²) in [5, 5.41) is 0. The molecule has 0 bridgehead atoms. The van der Waals surface area contributed by atoms with E-state index < -0.39 is 0 Å². The van der Waals surface area contributed by atoms with E-state index in [1.807, 2.05) is 31.3 Å². The van der Waals surface area contributed by atoms with Crippen LogP contribution in [0.25, 0.3) is 11.1 Å². The van der Waals surface area contributed by atoms with Crippen molar-refractivity contribution in [1.82, 2.24) is 9.88 Å². The van der Waals surface area contributed by atoms with Gasteiger partial charge in [0.05, 0.1) is 5.56 Å². The number of aromatic nitrogens is 1. The predicted octanol–water partition coefficient (Wildman–Crippen LogP) is 3.86. The number of rotatable bonds is 4. The molecule has 0 radical (unpaired) electrons. The average molecular weight is 425 g/mol. The lowest BCUT2D eigenvalue weighted by atomic mass is 9.90. The number of nitrogens with zero attached hydrogens (tertiary/aromatic N) is 3. The van der Waals surface area contributed by atoms with E-state index in [1.54, 1.807) is 6.20 Å². The summed E-state index contributed by atoms with van der Waals surface area (Å²) in [6.07, 6.45) is 5.42. The predicted molar refractivity (Wildman–Crippen MR) is 121 cm³/mol. The van der Waals surface area contributed by atoms with Gasteiger partial charge in [-0.05, 0) is 49.4 Å². The lowest BCUT2D eigenvalue weighted by Gasteiger charge is -2.33. The fraction of sp³-hybridized carbons (Fsp3) is 0.429. The number of carbonyl (C=O) groups is 1. The number of nitrogens with two attached hydrogens (primary N) is 1. The molecule has 1 aliphatic heterocycles. The number of hydrogen-bond acceptors (Lipinski definition) is 4. The molecule has 1 aromatic carbocycles. The quantitative estimate of drug-likeness (QED) is 0.808. The van der Waals surface area contributed by atoms with Crippen molar-refractivity contribution in [2.45, 2.75) is 25.8 Å². The van der Waals surface area contributed by atoms with E-state index in [2.05, 4.69) is 41.1 Å². The molecule has 2 heterocycles. The molecular formula is C21H30Cl2N4O. The first-order valence-corrected chi connectivity index (χ1v) is 9.23. The molecule has 1 fully saturated rings. The van der Waals surface area contributed by atoms with Gasteiger partial charge >= 0.3 is 0 Å².